The van der Waals surface area contributed by atoms with E-state index in [0.29, 0.717) is 5.02 Å². The van der Waals surface area contributed by atoms with Gasteiger partial charge in [0.2, 0.25) is 0 Å². The molecule has 1 N–H and O–H groups in total. The summed E-state index contributed by atoms with van der Waals surface area (Å²) in [5.41, 5.74) is 1.04. The van der Waals surface area contributed by atoms with Crippen molar-refractivity contribution in [2.75, 3.05) is 7.05 Å². The van der Waals surface area contributed by atoms with E-state index in [4.69, 9.17) is 11.6 Å². The highest BCUT2D eigenvalue weighted by Gasteiger charge is 2.30. The van der Waals surface area contributed by atoms with Gasteiger partial charge in [0.25, 0.3) is 0 Å². The first kappa shape index (κ1) is 16.6. The minimum absolute atomic E-state index is 0.210. The van der Waals surface area contributed by atoms with Gasteiger partial charge in [0.1, 0.15) is 0 Å². The second-order valence-electron chi connectivity index (χ2n) is 4.51. The molecule has 0 aliphatic rings. The largest absolute Gasteiger partial charge is 0.416 e. The average Bonchev–Trinajstić information content (AvgIpc) is 2.43. The lowest BCUT2D eigenvalue weighted by Crippen LogP contribution is -2.19. The van der Waals surface area contributed by atoms with Gasteiger partial charge >= 0.3 is 6.18 Å². The number of hydrogen-bond donors (Lipinski definition) is 1. The number of alkyl halides is 3. The van der Waals surface area contributed by atoms with Gasteiger partial charge in [0, 0.05) is 8.59 Å². The first-order chi connectivity index (χ1) is 9.82. The molecule has 0 saturated heterocycles. The van der Waals surface area contributed by atoms with Crippen LogP contribution in [-0.4, -0.2) is 7.05 Å². The summed E-state index contributed by atoms with van der Waals surface area (Å²) in [5.74, 6) is 0. The Morgan fingerprint density at radius 3 is 2.24 bits per heavy atom. The van der Waals surface area contributed by atoms with Crippen molar-refractivity contribution in [2.24, 2.45) is 0 Å². The molecule has 6 heteroatoms. The maximum absolute atomic E-state index is 12.6. The molecular formula is C15H12ClF3IN. The number of halogens is 5. The van der Waals surface area contributed by atoms with E-state index in [-0.39, 0.29) is 6.04 Å². The lowest BCUT2D eigenvalue weighted by molar-refractivity contribution is -0.137. The zero-order chi connectivity index (χ0) is 15.6. The molecule has 1 nitrogen and oxygen atoms in total. The van der Waals surface area contributed by atoms with Crippen LogP contribution in [0.3, 0.4) is 0 Å². The summed E-state index contributed by atoms with van der Waals surface area (Å²) in [6.45, 7) is 0. The van der Waals surface area contributed by atoms with Crippen molar-refractivity contribution in [1.82, 2.24) is 5.32 Å². The molecule has 0 spiro atoms. The van der Waals surface area contributed by atoms with Crippen LogP contribution >= 0.6 is 34.2 Å². The van der Waals surface area contributed by atoms with Gasteiger partial charge in [-0.25, -0.2) is 0 Å². The van der Waals surface area contributed by atoms with Crippen molar-refractivity contribution in [3.8, 4) is 0 Å². The lowest BCUT2D eigenvalue weighted by atomic mass is 9.98. The first-order valence-electron chi connectivity index (χ1n) is 6.12. The van der Waals surface area contributed by atoms with Gasteiger partial charge in [0.15, 0.2) is 0 Å². The summed E-state index contributed by atoms with van der Waals surface area (Å²) in [5, 5.41) is 3.71. The van der Waals surface area contributed by atoms with Crippen LogP contribution in [0, 0.1) is 3.57 Å². The number of benzene rings is 2. The number of rotatable bonds is 3. The van der Waals surface area contributed by atoms with E-state index in [2.05, 4.69) is 27.9 Å². The predicted octanol–water partition coefficient (Wildman–Crippen LogP) is 5.27. The van der Waals surface area contributed by atoms with Gasteiger partial charge in [-0.2, -0.15) is 13.2 Å². The highest BCUT2D eigenvalue weighted by atomic mass is 127. The lowest BCUT2D eigenvalue weighted by Gasteiger charge is -2.19. The first-order valence-corrected chi connectivity index (χ1v) is 7.58. The zero-order valence-electron chi connectivity index (χ0n) is 11.0. The molecule has 0 bridgehead atoms. The molecule has 1 atom stereocenters. The molecule has 0 amide bonds. The molecule has 2 rings (SSSR count). The number of nitrogens with one attached hydrogen (secondary N) is 1. The van der Waals surface area contributed by atoms with Gasteiger partial charge in [-0.05, 0) is 71.1 Å². The minimum atomic E-state index is -4.32. The van der Waals surface area contributed by atoms with Gasteiger partial charge in [0.05, 0.1) is 11.6 Å². The SMILES string of the molecule is CNC(c1ccc(C(F)(F)F)cc1)c1cc(Cl)ccc1I. The van der Waals surface area contributed by atoms with E-state index in [1.165, 1.54) is 12.1 Å². The molecule has 0 radical (unpaired) electrons. The maximum Gasteiger partial charge on any atom is 0.416 e. The standard InChI is InChI=1S/C15H12ClF3IN/c1-21-14(12-8-11(16)6-7-13(12)20)9-2-4-10(5-3-9)15(17,18)19/h2-8,14,21H,1H3. The molecule has 0 aromatic heterocycles. The summed E-state index contributed by atoms with van der Waals surface area (Å²) in [4.78, 5) is 0. The fourth-order valence-electron chi connectivity index (χ4n) is 2.10. The van der Waals surface area contributed by atoms with E-state index in [9.17, 15) is 13.2 Å². The Balaban J connectivity index is 2.40. The van der Waals surface area contributed by atoms with Crippen molar-refractivity contribution in [1.29, 1.82) is 0 Å². The topological polar surface area (TPSA) is 12.0 Å². The fourth-order valence-corrected chi connectivity index (χ4v) is 2.93. The van der Waals surface area contributed by atoms with Crippen LogP contribution in [0.25, 0.3) is 0 Å². The van der Waals surface area contributed by atoms with Crippen molar-refractivity contribution < 1.29 is 13.2 Å². The monoisotopic (exact) mass is 425 g/mol. The third-order valence-corrected chi connectivity index (χ3v) is 4.35. The van der Waals surface area contributed by atoms with Crippen LogP contribution in [0.1, 0.15) is 22.7 Å². The fraction of sp³-hybridized carbons (Fsp3) is 0.200. The van der Waals surface area contributed by atoms with E-state index in [1.807, 2.05) is 12.1 Å². The Morgan fingerprint density at radius 1 is 1.10 bits per heavy atom. The Kier molecular flexibility index (Phi) is 5.16. The van der Waals surface area contributed by atoms with Gasteiger partial charge in [-0.3, -0.25) is 0 Å². The molecule has 2 aromatic carbocycles. The molecule has 0 aliphatic heterocycles. The molecule has 1 unspecified atom stereocenters. The zero-order valence-corrected chi connectivity index (χ0v) is 13.9. The third kappa shape index (κ3) is 3.90. The summed E-state index contributed by atoms with van der Waals surface area (Å²) in [7, 11) is 1.76. The molecule has 21 heavy (non-hydrogen) atoms. The molecular weight excluding hydrogens is 414 g/mol. The Hall–Kier alpha value is -0.790. The highest BCUT2D eigenvalue weighted by molar-refractivity contribution is 14.1. The molecule has 0 saturated carbocycles. The molecule has 0 fully saturated rings. The van der Waals surface area contributed by atoms with Crippen molar-refractivity contribution in [3.63, 3.8) is 0 Å². The van der Waals surface area contributed by atoms with Crippen molar-refractivity contribution in [2.45, 2.75) is 12.2 Å². The smallest absolute Gasteiger partial charge is 0.309 e. The Labute approximate surface area is 139 Å². The summed E-state index contributed by atoms with van der Waals surface area (Å²) >= 11 is 8.19. The van der Waals surface area contributed by atoms with Crippen molar-refractivity contribution >= 4 is 34.2 Å². The summed E-state index contributed by atoms with van der Waals surface area (Å²) < 4.78 is 38.8. The second kappa shape index (κ2) is 6.54. The van der Waals surface area contributed by atoms with Crippen LogP contribution in [-0.2, 0) is 6.18 Å². The van der Waals surface area contributed by atoms with E-state index >= 15 is 0 Å². The second-order valence-corrected chi connectivity index (χ2v) is 6.11. The van der Waals surface area contributed by atoms with Crippen LogP contribution in [0.2, 0.25) is 5.02 Å². The maximum atomic E-state index is 12.6. The Morgan fingerprint density at radius 2 is 1.71 bits per heavy atom. The van der Waals surface area contributed by atoms with Crippen LogP contribution in [0.15, 0.2) is 42.5 Å². The summed E-state index contributed by atoms with van der Waals surface area (Å²) in [6.07, 6.45) is -4.32. The van der Waals surface area contributed by atoms with E-state index in [0.717, 1.165) is 26.8 Å². The molecule has 112 valence electrons. The average molecular weight is 426 g/mol. The van der Waals surface area contributed by atoms with Crippen LogP contribution in [0.4, 0.5) is 13.2 Å². The third-order valence-electron chi connectivity index (χ3n) is 3.13. The predicted molar refractivity (Wildman–Crippen MR) is 86.5 cm³/mol. The van der Waals surface area contributed by atoms with E-state index in [1.54, 1.807) is 13.1 Å². The van der Waals surface area contributed by atoms with Gasteiger partial charge in [-0.15, -0.1) is 0 Å². The molecule has 2 aromatic rings. The quantitative estimate of drug-likeness (QED) is 0.661. The normalized spacial score (nSPS) is 13.2. The number of hydrogen-bond acceptors (Lipinski definition) is 1. The van der Waals surface area contributed by atoms with Gasteiger partial charge < -0.3 is 5.32 Å². The van der Waals surface area contributed by atoms with E-state index < -0.39 is 11.7 Å². The van der Waals surface area contributed by atoms with Crippen LogP contribution < -0.4 is 5.32 Å². The Bertz CT molecular complexity index is 626. The molecule has 0 heterocycles. The highest BCUT2D eigenvalue weighted by Crippen LogP contribution is 2.32. The van der Waals surface area contributed by atoms with Crippen LogP contribution in [0.5, 0.6) is 0 Å². The summed E-state index contributed by atoms with van der Waals surface area (Å²) in [6, 6.07) is 10.4. The van der Waals surface area contributed by atoms with Gasteiger partial charge in [-0.1, -0.05) is 23.7 Å². The molecule has 0 aliphatic carbocycles. The minimum Gasteiger partial charge on any atom is -0.309 e. The van der Waals surface area contributed by atoms with Crippen molar-refractivity contribution in [3.05, 3.63) is 67.7 Å².